The third kappa shape index (κ3) is 5.58. The van der Waals surface area contributed by atoms with Crippen LogP contribution < -0.4 is 4.74 Å². The third-order valence-corrected chi connectivity index (χ3v) is 5.48. The fourth-order valence-corrected chi connectivity index (χ4v) is 3.72. The molecular weight excluding hydrogens is 410 g/mol. The van der Waals surface area contributed by atoms with Crippen molar-refractivity contribution < 1.29 is 14.1 Å². The Kier molecular flexibility index (Phi) is 6.74. The maximum absolute atomic E-state index is 12.8. The quantitative estimate of drug-likeness (QED) is 0.368. The standard InChI is InChI=1S/C24H23N3O3S/c1-27(12-6-11-22-14-23(26-30-22)18-7-3-2-4-8-18)24(28)19-9-5-10-21(13-19)29-15-20-16-31-17-25-20/h2-5,7-10,13-14,16-17H,6,11-12,15H2,1H3. The molecule has 0 unspecified atom stereocenters. The summed E-state index contributed by atoms with van der Waals surface area (Å²) in [5.74, 6) is 1.43. The van der Waals surface area contributed by atoms with Crippen molar-refractivity contribution in [2.45, 2.75) is 19.4 Å². The maximum Gasteiger partial charge on any atom is 0.253 e. The van der Waals surface area contributed by atoms with E-state index in [0.717, 1.165) is 29.1 Å². The molecule has 31 heavy (non-hydrogen) atoms. The highest BCUT2D eigenvalue weighted by Gasteiger charge is 2.13. The van der Waals surface area contributed by atoms with Gasteiger partial charge in [-0.3, -0.25) is 4.79 Å². The summed E-state index contributed by atoms with van der Waals surface area (Å²) in [4.78, 5) is 18.7. The number of rotatable bonds is 9. The zero-order chi connectivity index (χ0) is 21.5. The van der Waals surface area contributed by atoms with Gasteiger partial charge in [-0.15, -0.1) is 11.3 Å². The normalized spacial score (nSPS) is 10.7. The van der Waals surface area contributed by atoms with Gasteiger partial charge in [-0.25, -0.2) is 4.98 Å². The Morgan fingerprint density at radius 1 is 1.13 bits per heavy atom. The second-order valence-electron chi connectivity index (χ2n) is 7.17. The average Bonchev–Trinajstić information content (AvgIpc) is 3.50. The first-order valence-corrected chi connectivity index (χ1v) is 11.0. The van der Waals surface area contributed by atoms with Crippen molar-refractivity contribution in [3.05, 3.63) is 88.6 Å². The number of hydrogen-bond donors (Lipinski definition) is 0. The highest BCUT2D eigenvalue weighted by atomic mass is 32.1. The van der Waals surface area contributed by atoms with Crippen molar-refractivity contribution in [1.29, 1.82) is 0 Å². The molecule has 6 nitrogen and oxygen atoms in total. The summed E-state index contributed by atoms with van der Waals surface area (Å²) in [6, 6.07) is 19.1. The molecule has 0 aliphatic carbocycles. The van der Waals surface area contributed by atoms with Crippen LogP contribution in [0, 0.1) is 0 Å². The molecule has 0 aliphatic heterocycles. The topological polar surface area (TPSA) is 68.5 Å². The molecule has 0 saturated heterocycles. The summed E-state index contributed by atoms with van der Waals surface area (Å²) in [5, 5.41) is 6.08. The van der Waals surface area contributed by atoms with Crippen molar-refractivity contribution in [1.82, 2.24) is 15.0 Å². The van der Waals surface area contributed by atoms with Gasteiger partial charge in [0.15, 0.2) is 0 Å². The van der Waals surface area contributed by atoms with Gasteiger partial charge in [-0.2, -0.15) is 0 Å². The number of hydrogen-bond acceptors (Lipinski definition) is 6. The minimum Gasteiger partial charge on any atom is -0.487 e. The Hall–Kier alpha value is -3.45. The minimum atomic E-state index is -0.0401. The van der Waals surface area contributed by atoms with E-state index in [2.05, 4.69) is 10.1 Å². The van der Waals surface area contributed by atoms with Crippen LogP contribution in [0.5, 0.6) is 5.75 Å². The van der Waals surface area contributed by atoms with Crippen LogP contribution in [-0.4, -0.2) is 34.5 Å². The van der Waals surface area contributed by atoms with Crippen LogP contribution in [0.3, 0.4) is 0 Å². The van der Waals surface area contributed by atoms with Gasteiger partial charge in [0.05, 0.1) is 11.2 Å². The van der Waals surface area contributed by atoms with E-state index in [1.807, 2.05) is 53.9 Å². The molecule has 1 amide bonds. The number of benzene rings is 2. The number of carbonyl (C=O) groups excluding carboxylic acids is 1. The highest BCUT2D eigenvalue weighted by Crippen LogP contribution is 2.20. The number of carbonyl (C=O) groups is 1. The molecule has 0 saturated carbocycles. The molecule has 4 aromatic rings. The molecule has 7 heteroatoms. The van der Waals surface area contributed by atoms with E-state index in [0.29, 0.717) is 30.9 Å². The first-order valence-electron chi connectivity index (χ1n) is 10.1. The van der Waals surface area contributed by atoms with E-state index in [1.54, 1.807) is 29.6 Å². The molecule has 0 atom stereocenters. The number of aryl methyl sites for hydroxylation is 1. The molecule has 0 N–H and O–H groups in total. The summed E-state index contributed by atoms with van der Waals surface area (Å²) in [6.45, 7) is 1.00. The van der Waals surface area contributed by atoms with Gasteiger partial charge in [0.25, 0.3) is 5.91 Å². The zero-order valence-electron chi connectivity index (χ0n) is 17.2. The zero-order valence-corrected chi connectivity index (χ0v) is 18.0. The fourth-order valence-electron chi connectivity index (χ4n) is 3.17. The van der Waals surface area contributed by atoms with Crippen molar-refractivity contribution in [3.8, 4) is 17.0 Å². The predicted octanol–water partition coefficient (Wildman–Crippen LogP) is 5.08. The summed E-state index contributed by atoms with van der Waals surface area (Å²) >= 11 is 1.53. The largest absolute Gasteiger partial charge is 0.487 e. The lowest BCUT2D eigenvalue weighted by molar-refractivity contribution is 0.0792. The van der Waals surface area contributed by atoms with Crippen molar-refractivity contribution in [3.63, 3.8) is 0 Å². The van der Waals surface area contributed by atoms with Gasteiger partial charge >= 0.3 is 0 Å². The molecule has 2 aromatic heterocycles. The van der Waals surface area contributed by atoms with E-state index in [-0.39, 0.29) is 5.91 Å². The smallest absolute Gasteiger partial charge is 0.253 e. The Labute approximate surface area is 185 Å². The molecule has 2 aromatic carbocycles. The van der Waals surface area contributed by atoms with Gasteiger partial charge in [0.1, 0.15) is 23.8 Å². The van der Waals surface area contributed by atoms with E-state index < -0.39 is 0 Å². The average molecular weight is 434 g/mol. The Bertz CT molecular complexity index is 1110. The van der Waals surface area contributed by atoms with Crippen LogP contribution in [0.15, 0.2) is 76.1 Å². The van der Waals surface area contributed by atoms with Crippen LogP contribution >= 0.6 is 11.3 Å². The van der Waals surface area contributed by atoms with Crippen LogP contribution in [0.1, 0.15) is 28.2 Å². The first kappa shape index (κ1) is 20.8. The molecule has 0 radical (unpaired) electrons. The number of thiazole rings is 1. The maximum atomic E-state index is 12.8. The van der Waals surface area contributed by atoms with E-state index in [1.165, 1.54) is 11.3 Å². The molecule has 0 spiro atoms. The monoisotopic (exact) mass is 433 g/mol. The van der Waals surface area contributed by atoms with Gasteiger partial charge in [-0.1, -0.05) is 41.6 Å². The minimum absolute atomic E-state index is 0.0401. The number of aromatic nitrogens is 2. The Morgan fingerprint density at radius 3 is 2.81 bits per heavy atom. The summed E-state index contributed by atoms with van der Waals surface area (Å²) in [5.41, 5.74) is 5.11. The second kappa shape index (κ2) is 10.0. The summed E-state index contributed by atoms with van der Waals surface area (Å²) < 4.78 is 11.2. The predicted molar refractivity (Wildman–Crippen MR) is 120 cm³/mol. The lowest BCUT2D eigenvalue weighted by Crippen LogP contribution is -2.28. The number of nitrogens with zero attached hydrogens (tertiary/aromatic N) is 3. The van der Waals surface area contributed by atoms with Gasteiger partial charge in [0, 0.05) is 42.6 Å². The first-order chi connectivity index (χ1) is 15.2. The number of amides is 1. The molecule has 0 bridgehead atoms. The summed E-state index contributed by atoms with van der Waals surface area (Å²) in [6.07, 6.45) is 1.50. The molecule has 4 rings (SSSR count). The van der Waals surface area contributed by atoms with Gasteiger partial charge < -0.3 is 14.2 Å². The highest BCUT2D eigenvalue weighted by molar-refractivity contribution is 7.07. The molecule has 2 heterocycles. The van der Waals surface area contributed by atoms with Crippen LogP contribution in [0.25, 0.3) is 11.3 Å². The van der Waals surface area contributed by atoms with Crippen molar-refractivity contribution in [2.75, 3.05) is 13.6 Å². The Morgan fingerprint density at radius 2 is 2.00 bits per heavy atom. The van der Waals surface area contributed by atoms with E-state index in [9.17, 15) is 4.79 Å². The lowest BCUT2D eigenvalue weighted by Gasteiger charge is -2.17. The van der Waals surface area contributed by atoms with Gasteiger partial charge in [0.2, 0.25) is 0 Å². The van der Waals surface area contributed by atoms with Crippen LogP contribution in [0.4, 0.5) is 0 Å². The van der Waals surface area contributed by atoms with Crippen molar-refractivity contribution >= 4 is 17.2 Å². The van der Waals surface area contributed by atoms with Crippen LogP contribution in [0.2, 0.25) is 0 Å². The fraction of sp³-hybridized carbons (Fsp3) is 0.208. The molecule has 0 fully saturated rings. The lowest BCUT2D eigenvalue weighted by atomic mass is 10.1. The molecule has 158 valence electrons. The van der Waals surface area contributed by atoms with E-state index in [4.69, 9.17) is 9.26 Å². The van der Waals surface area contributed by atoms with Crippen molar-refractivity contribution in [2.24, 2.45) is 0 Å². The second-order valence-corrected chi connectivity index (χ2v) is 7.89. The number of ether oxygens (including phenoxy) is 1. The van der Waals surface area contributed by atoms with E-state index >= 15 is 0 Å². The third-order valence-electron chi connectivity index (χ3n) is 4.84. The van der Waals surface area contributed by atoms with Gasteiger partial charge in [-0.05, 0) is 24.6 Å². The molecular formula is C24H23N3O3S. The SMILES string of the molecule is CN(CCCc1cc(-c2ccccc2)no1)C(=O)c1cccc(OCc2cscn2)c1. The van der Waals surface area contributed by atoms with Crippen LogP contribution in [-0.2, 0) is 13.0 Å². The molecule has 0 aliphatic rings. The summed E-state index contributed by atoms with van der Waals surface area (Å²) in [7, 11) is 1.81. The Balaban J connectivity index is 1.28.